The van der Waals surface area contributed by atoms with Gasteiger partial charge in [0.1, 0.15) is 0 Å². The molecule has 3 nitrogen and oxygen atoms in total. The fourth-order valence-corrected chi connectivity index (χ4v) is 2.10. The van der Waals surface area contributed by atoms with Gasteiger partial charge in [0.15, 0.2) is 0 Å². The van der Waals surface area contributed by atoms with Crippen molar-refractivity contribution in [2.75, 3.05) is 0 Å². The maximum atomic E-state index is 10.2. The largest absolute Gasteiger partial charge is 0.550 e. The van der Waals surface area contributed by atoms with Crippen LogP contribution in [0.1, 0.15) is 64.7 Å². The molecule has 0 radical (unpaired) electrons. The minimum Gasteiger partial charge on any atom is -0.550 e. The average molecular weight is 346 g/mol. The molecule has 0 saturated carbocycles. The molecule has 0 aromatic carbocycles. The summed E-state index contributed by atoms with van der Waals surface area (Å²) >= 11 is 0. The van der Waals surface area contributed by atoms with Gasteiger partial charge in [-0.1, -0.05) is 74.1 Å². The van der Waals surface area contributed by atoms with Crippen molar-refractivity contribution in [3.8, 4) is 0 Å². The predicted octanol–water partition coefficient (Wildman–Crippen LogP) is 4.41. The van der Waals surface area contributed by atoms with Gasteiger partial charge in [0, 0.05) is 5.97 Å². The Morgan fingerprint density at radius 1 is 0.920 bits per heavy atom. The van der Waals surface area contributed by atoms with Crippen LogP contribution >= 0.6 is 0 Å². The summed E-state index contributed by atoms with van der Waals surface area (Å²) in [5.74, 6) is -0.960. The zero-order chi connectivity index (χ0) is 18.6. The second kappa shape index (κ2) is 18.5. The second-order valence-corrected chi connectivity index (χ2v) is 5.88. The van der Waals surface area contributed by atoms with E-state index in [1.807, 2.05) is 18.2 Å². The maximum Gasteiger partial charge on any atom is 0.0758 e. The van der Waals surface area contributed by atoms with Gasteiger partial charge in [-0.25, -0.2) is 0 Å². The lowest BCUT2D eigenvalue weighted by molar-refractivity contribution is -0.305. The molecule has 0 aromatic rings. The van der Waals surface area contributed by atoms with E-state index in [4.69, 9.17) is 0 Å². The molecule has 3 heteroatoms. The zero-order valence-corrected chi connectivity index (χ0v) is 15.5. The average Bonchev–Trinajstić information content (AvgIpc) is 2.58. The van der Waals surface area contributed by atoms with Crippen LogP contribution in [0.4, 0.5) is 0 Å². The third-order valence-electron chi connectivity index (χ3n) is 3.49. The smallest absolute Gasteiger partial charge is 0.0758 e. The number of aliphatic carboxylic acids is 1. The Balaban J connectivity index is 3.61. The summed E-state index contributed by atoms with van der Waals surface area (Å²) < 4.78 is 0. The number of hydrogen-bond acceptors (Lipinski definition) is 3. The highest BCUT2D eigenvalue weighted by Crippen LogP contribution is 2.04. The van der Waals surface area contributed by atoms with E-state index in [0.717, 1.165) is 38.5 Å². The van der Waals surface area contributed by atoms with Gasteiger partial charge in [0.25, 0.3) is 0 Å². The molecule has 0 aliphatic carbocycles. The van der Waals surface area contributed by atoms with E-state index in [-0.39, 0.29) is 6.42 Å². The Hall–Kier alpha value is -1.87. The monoisotopic (exact) mass is 345 g/mol. The second-order valence-electron chi connectivity index (χ2n) is 5.88. The molecule has 0 saturated heterocycles. The fourth-order valence-electron chi connectivity index (χ4n) is 2.10. The number of carbonyl (C=O) groups is 1. The number of carbonyl (C=O) groups excluding carboxylic acids is 1. The summed E-state index contributed by atoms with van der Waals surface area (Å²) in [5.41, 5.74) is 0. The first-order chi connectivity index (χ1) is 12.2. The molecule has 0 heterocycles. The number of hydrogen-bond donors (Lipinski definition) is 1. The lowest BCUT2D eigenvalue weighted by atomic mass is 10.1. The number of rotatable bonds is 15. The first-order valence-electron chi connectivity index (χ1n) is 9.33. The molecule has 0 fully saturated rings. The van der Waals surface area contributed by atoms with Crippen molar-refractivity contribution in [2.24, 2.45) is 0 Å². The van der Waals surface area contributed by atoms with Crippen molar-refractivity contribution in [2.45, 2.75) is 70.8 Å². The topological polar surface area (TPSA) is 60.4 Å². The van der Waals surface area contributed by atoms with Crippen LogP contribution in [-0.2, 0) is 4.79 Å². The lowest BCUT2D eigenvalue weighted by Crippen LogP contribution is -2.21. The molecule has 0 rings (SSSR count). The van der Waals surface area contributed by atoms with Gasteiger partial charge in [-0.3, -0.25) is 0 Å². The Morgan fingerprint density at radius 3 is 2.40 bits per heavy atom. The molecule has 0 unspecified atom stereocenters. The van der Waals surface area contributed by atoms with Crippen LogP contribution in [0.5, 0.6) is 0 Å². The first kappa shape index (κ1) is 23.1. The van der Waals surface area contributed by atoms with E-state index >= 15 is 0 Å². The molecule has 0 aliphatic heterocycles. The van der Waals surface area contributed by atoms with Gasteiger partial charge < -0.3 is 15.0 Å². The van der Waals surface area contributed by atoms with E-state index in [9.17, 15) is 15.0 Å². The fraction of sp³-hybridized carbons (Fsp3) is 0.500. The van der Waals surface area contributed by atoms with Crippen molar-refractivity contribution in [3.63, 3.8) is 0 Å². The number of allylic oxidation sites excluding steroid dienone is 8. The summed E-state index contributed by atoms with van der Waals surface area (Å²) in [4.78, 5) is 10.2. The predicted molar refractivity (Wildman–Crippen MR) is 104 cm³/mol. The van der Waals surface area contributed by atoms with E-state index < -0.39 is 12.1 Å². The quantitative estimate of drug-likeness (QED) is 0.272. The van der Waals surface area contributed by atoms with E-state index in [2.05, 4.69) is 43.4 Å². The maximum absolute atomic E-state index is 10.2. The molecule has 0 aromatic heterocycles. The molecular weight excluding hydrogens is 312 g/mol. The lowest BCUT2D eigenvalue weighted by Gasteiger charge is -2.00. The van der Waals surface area contributed by atoms with Crippen molar-refractivity contribution in [1.82, 2.24) is 0 Å². The molecule has 1 N–H and O–H groups in total. The Labute approximate surface area is 153 Å². The highest BCUT2D eigenvalue weighted by molar-refractivity contribution is 5.64. The van der Waals surface area contributed by atoms with Crippen molar-refractivity contribution in [1.29, 1.82) is 0 Å². The van der Waals surface area contributed by atoms with Crippen LogP contribution in [0.15, 0.2) is 60.8 Å². The molecule has 25 heavy (non-hydrogen) atoms. The van der Waals surface area contributed by atoms with Crippen molar-refractivity contribution >= 4 is 5.97 Å². The standard InChI is InChI=1S/C22H34O3/c1-2-3-4-5-9-12-15-18-21(23)19-16-13-10-7-6-8-11-14-17-20-22(24)25/h3-4,6-7,9,12-13,15-16,18,21,23H,2,5,8,10-11,14,17,19-20H2,1H3,(H,24,25)/p-1/b4-3-,7-6-,12-9-,16-13-,18-15+/t21-/m0/s1. The summed E-state index contributed by atoms with van der Waals surface area (Å²) in [6, 6.07) is 0. The SMILES string of the molecule is CC/C=C\C/C=C\C=C\[C@H](O)C/C=C\C/C=C\CCCCCC(=O)[O-]. The van der Waals surface area contributed by atoms with Gasteiger partial charge in [0.2, 0.25) is 0 Å². The highest BCUT2D eigenvalue weighted by atomic mass is 16.4. The Morgan fingerprint density at radius 2 is 1.64 bits per heavy atom. The summed E-state index contributed by atoms with van der Waals surface area (Å²) in [6.07, 6.45) is 27.1. The zero-order valence-electron chi connectivity index (χ0n) is 15.5. The van der Waals surface area contributed by atoms with Gasteiger partial charge in [-0.15, -0.1) is 0 Å². The molecule has 0 bridgehead atoms. The summed E-state index contributed by atoms with van der Waals surface area (Å²) in [5, 5.41) is 20.0. The molecule has 0 aliphatic rings. The number of unbranched alkanes of at least 4 members (excludes halogenated alkanes) is 3. The van der Waals surface area contributed by atoms with Crippen molar-refractivity contribution < 1.29 is 15.0 Å². The molecule has 1 atom stereocenters. The van der Waals surface area contributed by atoms with E-state index in [1.165, 1.54) is 0 Å². The van der Waals surface area contributed by atoms with Gasteiger partial charge in [0.05, 0.1) is 6.10 Å². The minimum absolute atomic E-state index is 0.162. The Bertz CT molecular complexity index is 456. The van der Waals surface area contributed by atoms with Gasteiger partial charge >= 0.3 is 0 Å². The summed E-state index contributed by atoms with van der Waals surface area (Å²) in [6.45, 7) is 2.11. The third-order valence-corrected chi connectivity index (χ3v) is 3.49. The van der Waals surface area contributed by atoms with Crippen LogP contribution in [0.25, 0.3) is 0 Å². The van der Waals surface area contributed by atoms with Gasteiger partial charge in [-0.05, 0) is 51.4 Å². The van der Waals surface area contributed by atoms with E-state index in [0.29, 0.717) is 12.8 Å². The summed E-state index contributed by atoms with van der Waals surface area (Å²) in [7, 11) is 0. The molecule has 140 valence electrons. The van der Waals surface area contributed by atoms with Crippen LogP contribution < -0.4 is 5.11 Å². The number of aliphatic hydroxyl groups is 1. The van der Waals surface area contributed by atoms with Crippen molar-refractivity contribution in [3.05, 3.63) is 60.8 Å². The number of carboxylic acids is 1. The van der Waals surface area contributed by atoms with E-state index in [1.54, 1.807) is 6.08 Å². The minimum atomic E-state index is -0.960. The highest BCUT2D eigenvalue weighted by Gasteiger charge is 1.92. The molecular formula is C22H33O3-. The van der Waals surface area contributed by atoms with Gasteiger partial charge in [-0.2, -0.15) is 0 Å². The van der Waals surface area contributed by atoms with Crippen LogP contribution in [-0.4, -0.2) is 17.2 Å². The molecule has 0 amide bonds. The molecule has 0 spiro atoms. The van der Waals surface area contributed by atoms with Crippen LogP contribution in [0.3, 0.4) is 0 Å². The third kappa shape index (κ3) is 20.1. The normalized spacial score (nSPS) is 14.0. The first-order valence-corrected chi connectivity index (χ1v) is 9.33. The number of carboxylic acid groups (broad SMARTS) is 1. The Kier molecular flexibility index (Phi) is 17.1. The van der Waals surface area contributed by atoms with Crippen LogP contribution in [0.2, 0.25) is 0 Å². The van der Waals surface area contributed by atoms with Crippen LogP contribution in [0, 0.1) is 0 Å². The number of aliphatic hydroxyl groups excluding tert-OH is 1.